The average molecular weight is 345 g/mol. The number of benzene rings is 2. The Bertz CT molecular complexity index is 1030. The molecule has 0 aliphatic carbocycles. The highest BCUT2D eigenvalue weighted by Crippen LogP contribution is 2.28. The van der Waals surface area contributed by atoms with Crippen molar-refractivity contribution in [3.8, 4) is 0 Å². The number of carbonyl (C=O) groups is 1. The van der Waals surface area contributed by atoms with Crippen LogP contribution in [0.2, 0.25) is 0 Å². The van der Waals surface area contributed by atoms with Gasteiger partial charge in [0, 0.05) is 24.4 Å². The van der Waals surface area contributed by atoms with Gasteiger partial charge in [0.25, 0.3) is 5.91 Å². The van der Waals surface area contributed by atoms with Gasteiger partial charge >= 0.3 is 0 Å². The van der Waals surface area contributed by atoms with Crippen molar-refractivity contribution in [3.05, 3.63) is 66.2 Å². The summed E-state index contributed by atoms with van der Waals surface area (Å²) in [4.78, 5) is 22.9. The molecule has 5 nitrogen and oxygen atoms in total. The molecule has 0 saturated carbocycles. The van der Waals surface area contributed by atoms with Crippen molar-refractivity contribution < 1.29 is 9.21 Å². The zero-order valence-electron chi connectivity index (χ0n) is 14.3. The summed E-state index contributed by atoms with van der Waals surface area (Å²) in [5.74, 6) is 1.57. The summed E-state index contributed by atoms with van der Waals surface area (Å²) in [6.45, 7) is 1.42. The predicted octanol–water partition coefficient (Wildman–Crippen LogP) is 4.33. The second-order valence-corrected chi connectivity index (χ2v) is 6.88. The molecule has 1 atom stereocenters. The first-order chi connectivity index (χ1) is 12.8. The van der Waals surface area contributed by atoms with Crippen LogP contribution in [-0.4, -0.2) is 33.9 Å². The van der Waals surface area contributed by atoms with Gasteiger partial charge in [0.1, 0.15) is 11.4 Å². The van der Waals surface area contributed by atoms with Crippen LogP contribution in [0.5, 0.6) is 0 Å². The lowest BCUT2D eigenvalue weighted by molar-refractivity contribution is 0.0675. The number of nitrogens with zero attached hydrogens (tertiary/aromatic N) is 2. The van der Waals surface area contributed by atoms with E-state index >= 15 is 0 Å². The molecule has 5 heteroatoms. The number of nitrogens with one attached hydrogen (secondary N) is 1. The number of hydrogen-bond acceptors (Lipinski definition) is 3. The fourth-order valence-electron chi connectivity index (χ4n) is 3.79. The number of likely N-dealkylation sites (tertiary alicyclic amines) is 1. The van der Waals surface area contributed by atoms with Crippen LogP contribution >= 0.6 is 0 Å². The summed E-state index contributed by atoms with van der Waals surface area (Å²) in [5.41, 5.74) is 2.77. The zero-order chi connectivity index (χ0) is 17.5. The third kappa shape index (κ3) is 2.56. The molecule has 26 heavy (non-hydrogen) atoms. The lowest BCUT2D eigenvalue weighted by atomic mass is 9.97. The molecule has 1 N–H and O–H groups in total. The summed E-state index contributed by atoms with van der Waals surface area (Å²) < 4.78 is 5.76. The lowest BCUT2D eigenvalue weighted by Crippen LogP contribution is -2.39. The van der Waals surface area contributed by atoms with Gasteiger partial charge in [-0.2, -0.15) is 0 Å². The van der Waals surface area contributed by atoms with Crippen molar-refractivity contribution in [1.29, 1.82) is 0 Å². The number of amides is 1. The van der Waals surface area contributed by atoms with Gasteiger partial charge in [-0.05, 0) is 37.1 Å². The molecule has 3 heterocycles. The van der Waals surface area contributed by atoms with Crippen molar-refractivity contribution in [1.82, 2.24) is 14.9 Å². The molecule has 0 spiro atoms. The molecule has 1 fully saturated rings. The van der Waals surface area contributed by atoms with Crippen LogP contribution in [0, 0.1) is 0 Å². The molecule has 1 aliphatic rings. The van der Waals surface area contributed by atoms with E-state index in [4.69, 9.17) is 9.40 Å². The molecule has 1 unspecified atom stereocenters. The van der Waals surface area contributed by atoms with E-state index in [9.17, 15) is 4.79 Å². The SMILES string of the molecule is O=C(c1cc2ccccc2o1)N1CCCC(c2nc3ccccc3[nH]2)C1. The van der Waals surface area contributed by atoms with E-state index in [1.807, 2.05) is 59.5 Å². The van der Waals surface area contributed by atoms with Crippen LogP contribution in [-0.2, 0) is 0 Å². The van der Waals surface area contributed by atoms with E-state index in [1.165, 1.54) is 0 Å². The third-order valence-electron chi connectivity index (χ3n) is 5.14. The number of aromatic nitrogens is 2. The molecule has 2 aromatic carbocycles. The fraction of sp³-hybridized carbons (Fsp3) is 0.238. The molecular formula is C21H19N3O2. The maximum atomic E-state index is 12.9. The first-order valence-electron chi connectivity index (χ1n) is 9.00. The Kier molecular flexibility index (Phi) is 3.52. The number of imidazole rings is 1. The number of aromatic amines is 1. The average Bonchev–Trinajstić information content (AvgIpc) is 3.31. The molecule has 130 valence electrons. The molecule has 1 aliphatic heterocycles. The highest BCUT2D eigenvalue weighted by atomic mass is 16.3. The summed E-state index contributed by atoms with van der Waals surface area (Å²) in [5, 5.41) is 0.960. The number of hydrogen-bond donors (Lipinski definition) is 1. The summed E-state index contributed by atoms with van der Waals surface area (Å²) >= 11 is 0. The van der Waals surface area contributed by atoms with Crippen LogP contribution < -0.4 is 0 Å². The van der Waals surface area contributed by atoms with Crippen LogP contribution in [0.4, 0.5) is 0 Å². The Labute approximate surface area is 150 Å². The second kappa shape index (κ2) is 6.02. The minimum Gasteiger partial charge on any atom is -0.451 e. The van der Waals surface area contributed by atoms with Crippen LogP contribution in [0.3, 0.4) is 0 Å². The van der Waals surface area contributed by atoms with Crippen molar-refractivity contribution in [2.75, 3.05) is 13.1 Å². The Hall–Kier alpha value is -3.08. The van der Waals surface area contributed by atoms with E-state index < -0.39 is 0 Å². The largest absolute Gasteiger partial charge is 0.451 e. The summed E-state index contributed by atoms with van der Waals surface area (Å²) in [6.07, 6.45) is 2.00. The second-order valence-electron chi connectivity index (χ2n) is 6.88. The number of furan rings is 1. The number of carbonyl (C=O) groups excluding carboxylic acids is 1. The van der Waals surface area contributed by atoms with Crippen molar-refractivity contribution in [3.63, 3.8) is 0 Å². The lowest BCUT2D eigenvalue weighted by Gasteiger charge is -2.31. The quantitative estimate of drug-likeness (QED) is 0.588. The van der Waals surface area contributed by atoms with Crippen LogP contribution in [0.15, 0.2) is 59.0 Å². The Balaban J connectivity index is 1.40. The Morgan fingerprint density at radius 2 is 2.00 bits per heavy atom. The fourth-order valence-corrected chi connectivity index (χ4v) is 3.79. The van der Waals surface area contributed by atoms with Crippen LogP contribution in [0.1, 0.15) is 35.1 Å². The topological polar surface area (TPSA) is 62.1 Å². The van der Waals surface area contributed by atoms with Gasteiger partial charge in [0.05, 0.1) is 11.0 Å². The van der Waals surface area contributed by atoms with Gasteiger partial charge in [-0.25, -0.2) is 4.98 Å². The molecule has 0 radical (unpaired) electrons. The third-order valence-corrected chi connectivity index (χ3v) is 5.14. The molecule has 0 bridgehead atoms. The summed E-state index contributed by atoms with van der Waals surface area (Å²) in [6, 6.07) is 17.6. The molecule has 5 rings (SSSR count). The first-order valence-corrected chi connectivity index (χ1v) is 9.00. The van der Waals surface area contributed by atoms with Crippen molar-refractivity contribution in [2.24, 2.45) is 0 Å². The maximum Gasteiger partial charge on any atom is 0.289 e. The van der Waals surface area contributed by atoms with Gasteiger partial charge in [-0.3, -0.25) is 4.79 Å². The number of piperidine rings is 1. The molecule has 4 aromatic rings. The number of rotatable bonds is 2. The van der Waals surface area contributed by atoms with E-state index in [1.54, 1.807) is 0 Å². The minimum absolute atomic E-state index is 0.0398. The Morgan fingerprint density at radius 3 is 2.88 bits per heavy atom. The highest BCUT2D eigenvalue weighted by Gasteiger charge is 2.28. The minimum atomic E-state index is -0.0398. The standard InChI is InChI=1S/C21H19N3O2/c25-21(19-12-14-6-1-4-10-18(14)26-19)24-11-5-7-15(13-24)20-22-16-8-2-3-9-17(16)23-20/h1-4,6,8-10,12,15H,5,7,11,13H2,(H,22,23). The van der Waals surface area contributed by atoms with Crippen molar-refractivity contribution in [2.45, 2.75) is 18.8 Å². The van der Waals surface area contributed by atoms with Gasteiger partial charge < -0.3 is 14.3 Å². The molecule has 1 amide bonds. The molecular weight excluding hydrogens is 326 g/mol. The molecule has 1 saturated heterocycles. The van der Waals surface area contributed by atoms with E-state index in [-0.39, 0.29) is 11.8 Å². The smallest absolute Gasteiger partial charge is 0.289 e. The Morgan fingerprint density at radius 1 is 1.15 bits per heavy atom. The van der Waals surface area contributed by atoms with Gasteiger partial charge in [-0.15, -0.1) is 0 Å². The van der Waals surface area contributed by atoms with Gasteiger partial charge in [0.15, 0.2) is 5.76 Å². The number of fused-ring (bicyclic) bond motifs is 2. The highest BCUT2D eigenvalue weighted by molar-refractivity contribution is 5.96. The van der Waals surface area contributed by atoms with Gasteiger partial charge in [-0.1, -0.05) is 30.3 Å². The predicted molar refractivity (Wildman–Crippen MR) is 100 cm³/mol. The maximum absolute atomic E-state index is 12.9. The summed E-state index contributed by atoms with van der Waals surface area (Å²) in [7, 11) is 0. The zero-order valence-corrected chi connectivity index (χ0v) is 14.3. The van der Waals surface area contributed by atoms with E-state index in [0.717, 1.165) is 47.2 Å². The normalized spacial score (nSPS) is 17.8. The van der Waals surface area contributed by atoms with E-state index in [2.05, 4.69) is 4.98 Å². The monoisotopic (exact) mass is 345 g/mol. The number of H-pyrrole nitrogens is 1. The van der Waals surface area contributed by atoms with Crippen LogP contribution in [0.25, 0.3) is 22.0 Å². The van der Waals surface area contributed by atoms with Crippen molar-refractivity contribution >= 4 is 27.9 Å². The van der Waals surface area contributed by atoms with E-state index in [0.29, 0.717) is 12.3 Å². The first kappa shape index (κ1) is 15.2. The van der Waals surface area contributed by atoms with Gasteiger partial charge in [0.2, 0.25) is 0 Å². The molecule has 2 aromatic heterocycles. The number of para-hydroxylation sites is 3.